The van der Waals surface area contributed by atoms with E-state index < -0.39 is 11.4 Å². The maximum Gasteiger partial charge on any atom is 0.287 e. The molecule has 0 aliphatic carbocycles. The number of rotatable bonds is 4. The molecule has 4 nitrogen and oxygen atoms in total. The summed E-state index contributed by atoms with van der Waals surface area (Å²) in [4.78, 5) is 25.2. The van der Waals surface area contributed by atoms with E-state index in [2.05, 4.69) is 0 Å². The number of hydrogen-bond acceptors (Lipinski definition) is 2. The van der Waals surface area contributed by atoms with E-state index >= 15 is 0 Å². The molecular weight excluding hydrogens is 271 g/mol. The lowest BCUT2D eigenvalue weighted by Crippen LogP contribution is -2.34. The number of nitrogens with zero attached hydrogens (tertiary/aromatic N) is 2. The molecular formula is C16H17FN2O2. The van der Waals surface area contributed by atoms with Gasteiger partial charge < -0.3 is 9.47 Å². The van der Waals surface area contributed by atoms with Crippen molar-refractivity contribution < 1.29 is 9.18 Å². The van der Waals surface area contributed by atoms with Gasteiger partial charge in [-0.2, -0.15) is 0 Å². The molecule has 0 saturated heterocycles. The molecule has 0 fully saturated rings. The molecule has 1 aromatic carbocycles. The number of carbonyl (C=O) groups is 1. The van der Waals surface area contributed by atoms with Crippen molar-refractivity contribution in [2.24, 2.45) is 0 Å². The number of pyridine rings is 1. The molecule has 2 aromatic rings. The zero-order chi connectivity index (χ0) is 15.4. The number of aromatic nitrogens is 1. The van der Waals surface area contributed by atoms with Crippen molar-refractivity contribution in [1.29, 1.82) is 0 Å². The van der Waals surface area contributed by atoms with Crippen LogP contribution in [-0.4, -0.2) is 22.4 Å². The van der Waals surface area contributed by atoms with E-state index in [1.165, 1.54) is 17.2 Å². The van der Waals surface area contributed by atoms with E-state index in [0.717, 1.165) is 21.8 Å². The average Bonchev–Trinajstić information content (AvgIpc) is 2.46. The number of halogens is 1. The van der Waals surface area contributed by atoms with Crippen molar-refractivity contribution in [2.75, 3.05) is 7.05 Å². The van der Waals surface area contributed by atoms with Gasteiger partial charge in [-0.1, -0.05) is 24.3 Å². The summed E-state index contributed by atoms with van der Waals surface area (Å²) >= 11 is 0. The highest BCUT2D eigenvalue weighted by Crippen LogP contribution is 2.09. The maximum atomic E-state index is 13.2. The van der Waals surface area contributed by atoms with Crippen molar-refractivity contribution in [3.63, 3.8) is 0 Å². The molecule has 0 spiro atoms. The second kappa shape index (κ2) is 6.35. The van der Waals surface area contributed by atoms with Gasteiger partial charge in [0, 0.05) is 19.8 Å². The fourth-order valence-corrected chi connectivity index (χ4v) is 2.03. The van der Waals surface area contributed by atoms with Crippen molar-refractivity contribution >= 4 is 5.91 Å². The van der Waals surface area contributed by atoms with Crippen LogP contribution in [0.15, 0.2) is 47.4 Å². The number of carbonyl (C=O) groups excluding carboxylic acids is 1. The third kappa shape index (κ3) is 3.56. The number of aryl methyl sites for hydroxylation is 1. The fraction of sp³-hybridized carbons (Fsp3) is 0.250. The fourth-order valence-electron chi connectivity index (χ4n) is 2.03. The summed E-state index contributed by atoms with van der Waals surface area (Å²) in [6.45, 7) is 2.26. The second-order valence-corrected chi connectivity index (χ2v) is 4.97. The normalized spacial score (nSPS) is 10.4. The van der Waals surface area contributed by atoms with Crippen LogP contribution in [0.25, 0.3) is 0 Å². The van der Waals surface area contributed by atoms with E-state index in [1.54, 1.807) is 7.05 Å². The highest BCUT2D eigenvalue weighted by molar-refractivity contribution is 5.75. The molecule has 0 unspecified atom stereocenters. The zero-order valence-corrected chi connectivity index (χ0v) is 12.0. The molecule has 0 aliphatic heterocycles. The van der Waals surface area contributed by atoms with Gasteiger partial charge >= 0.3 is 0 Å². The lowest BCUT2D eigenvalue weighted by molar-refractivity contribution is -0.131. The molecule has 21 heavy (non-hydrogen) atoms. The molecule has 5 heteroatoms. The summed E-state index contributed by atoms with van der Waals surface area (Å²) in [6, 6.07) is 10.3. The summed E-state index contributed by atoms with van der Waals surface area (Å²) in [5, 5.41) is 0. The molecule has 0 N–H and O–H groups in total. The van der Waals surface area contributed by atoms with Crippen LogP contribution in [0.4, 0.5) is 4.39 Å². The molecule has 0 saturated carbocycles. The minimum absolute atomic E-state index is 0.168. The summed E-state index contributed by atoms with van der Waals surface area (Å²) < 4.78 is 14.2. The third-order valence-electron chi connectivity index (χ3n) is 3.37. The first kappa shape index (κ1) is 15.0. The summed E-state index contributed by atoms with van der Waals surface area (Å²) in [5.74, 6) is -1.10. The first-order chi connectivity index (χ1) is 9.99. The van der Waals surface area contributed by atoms with E-state index in [0.29, 0.717) is 6.54 Å². The van der Waals surface area contributed by atoms with Gasteiger partial charge in [0.25, 0.3) is 5.56 Å². The van der Waals surface area contributed by atoms with Gasteiger partial charge in [0.2, 0.25) is 5.91 Å². The van der Waals surface area contributed by atoms with Crippen LogP contribution < -0.4 is 5.56 Å². The lowest BCUT2D eigenvalue weighted by atomic mass is 10.1. The number of amides is 1. The average molecular weight is 288 g/mol. The zero-order valence-electron chi connectivity index (χ0n) is 12.0. The van der Waals surface area contributed by atoms with Gasteiger partial charge in [-0.15, -0.1) is 0 Å². The molecule has 0 radical (unpaired) electrons. The highest BCUT2D eigenvalue weighted by Gasteiger charge is 2.12. The van der Waals surface area contributed by atoms with Crippen LogP contribution in [0.1, 0.15) is 11.1 Å². The molecule has 0 atom stereocenters. The highest BCUT2D eigenvalue weighted by atomic mass is 19.1. The summed E-state index contributed by atoms with van der Waals surface area (Å²) in [6.07, 6.45) is 1.41. The van der Waals surface area contributed by atoms with E-state index in [1.807, 2.05) is 31.2 Å². The minimum atomic E-state index is -0.855. The van der Waals surface area contributed by atoms with Gasteiger partial charge in [0.1, 0.15) is 6.54 Å². The molecule has 1 heterocycles. The summed E-state index contributed by atoms with van der Waals surface area (Å²) in [7, 11) is 1.67. The number of likely N-dealkylation sites (N-methyl/N-ethyl adjacent to an activating group) is 1. The molecule has 2 rings (SSSR count). The van der Waals surface area contributed by atoms with E-state index in [-0.39, 0.29) is 12.5 Å². The number of benzene rings is 1. The summed E-state index contributed by atoms with van der Waals surface area (Å²) in [5.41, 5.74) is 1.36. The van der Waals surface area contributed by atoms with Crippen molar-refractivity contribution in [2.45, 2.75) is 20.0 Å². The quantitative estimate of drug-likeness (QED) is 0.863. The largest absolute Gasteiger partial charge is 0.340 e. The van der Waals surface area contributed by atoms with Gasteiger partial charge in [-0.3, -0.25) is 9.59 Å². The monoisotopic (exact) mass is 288 g/mol. The van der Waals surface area contributed by atoms with Crippen molar-refractivity contribution in [3.8, 4) is 0 Å². The van der Waals surface area contributed by atoms with Crippen LogP contribution in [0.3, 0.4) is 0 Å². The number of hydrogen-bond donors (Lipinski definition) is 0. The molecule has 110 valence electrons. The van der Waals surface area contributed by atoms with Crippen molar-refractivity contribution in [3.05, 3.63) is 69.9 Å². The van der Waals surface area contributed by atoms with Crippen LogP contribution in [0, 0.1) is 12.7 Å². The third-order valence-corrected chi connectivity index (χ3v) is 3.37. The van der Waals surface area contributed by atoms with Gasteiger partial charge in [0.15, 0.2) is 5.82 Å². The van der Waals surface area contributed by atoms with Crippen molar-refractivity contribution in [1.82, 2.24) is 9.47 Å². The predicted molar refractivity (Wildman–Crippen MR) is 78.3 cm³/mol. The predicted octanol–water partition coefficient (Wildman–Crippen LogP) is 1.95. The Hall–Kier alpha value is -2.43. The Bertz CT molecular complexity index is 709. The molecule has 0 aliphatic rings. The Morgan fingerprint density at radius 2 is 1.95 bits per heavy atom. The lowest BCUT2D eigenvalue weighted by Gasteiger charge is -2.19. The van der Waals surface area contributed by atoms with Gasteiger partial charge in [-0.05, 0) is 30.2 Å². The SMILES string of the molecule is Cc1ccccc1CN(C)C(=O)Cn1cccc(F)c1=O. The van der Waals surface area contributed by atoms with Crippen LogP contribution in [-0.2, 0) is 17.9 Å². The Labute approximate surface area is 122 Å². The molecule has 0 bridgehead atoms. The van der Waals surface area contributed by atoms with Crippen LogP contribution >= 0.6 is 0 Å². The Morgan fingerprint density at radius 1 is 1.24 bits per heavy atom. The Kier molecular flexibility index (Phi) is 4.52. The van der Waals surface area contributed by atoms with Crippen LogP contribution in [0.2, 0.25) is 0 Å². The smallest absolute Gasteiger partial charge is 0.287 e. The van der Waals surface area contributed by atoms with Gasteiger partial charge in [0.05, 0.1) is 0 Å². The van der Waals surface area contributed by atoms with E-state index in [9.17, 15) is 14.0 Å². The topological polar surface area (TPSA) is 42.3 Å². The minimum Gasteiger partial charge on any atom is -0.340 e. The Morgan fingerprint density at radius 3 is 2.67 bits per heavy atom. The Balaban J connectivity index is 2.08. The van der Waals surface area contributed by atoms with Gasteiger partial charge in [-0.25, -0.2) is 4.39 Å². The first-order valence-corrected chi connectivity index (χ1v) is 6.62. The van der Waals surface area contributed by atoms with E-state index in [4.69, 9.17) is 0 Å². The van der Waals surface area contributed by atoms with Crippen LogP contribution in [0.5, 0.6) is 0 Å². The standard InChI is InChI=1S/C16H17FN2O2/c1-12-6-3-4-7-13(12)10-18(2)15(20)11-19-9-5-8-14(17)16(19)21/h3-9H,10-11H2,1-2H3. The maximum absolute atomic E-state index is 13.2. The molecule has 1 amide bonds. The molecule has 1 aromatic heterocycles. The second-order valence-electron chi connectivity index (χ2n) is 4.97. The first-order valence-electron chi connectivity index (χ1n) is 6.62.